The fraction of sp³-hybridized carbons (Fsp3) is 0.471. The van der Waals surface area contributed by atoms with Crippen LogP contribution in [0.5, 0.6) is 0 Å². The van der Waals surface area contributed by atoms with E-state index in [9.17, 15) is 13.6 Å². The lowest BCUT2D eigenvalue weighted by Crippen LogP contribution is -2.35. The van der Waals surface area contributed by atoms with Crippen molar-refractivity contribution in [2.75, 3.05) is 13.1 Å². The van der Waals surface area contributed by atoms with Crippen LogP contribution in [0, 0.1) is 17.6 Å². The smallest absolute Gasteiger partial charge is 0.290 e. The van der Waals surface area contributed by atoms with E-state index in [2.05, 4.69) is 15.0 Å². The normalized spacial score (nSPS) is 18.4. The maximum Gasteiger partial charge on any atom is 0.290 e. The zero-order chi connectivity index (χ0) is 17.8. The number of hydrogen-bond acceptors (Lipinski definition) is 5. The molecule has 2 heterocycles. The first kappa shape index (κ1) is 17.5. The number of carbonyl (C=O) groups is 1. The molecule has 2 aromatic rings. The van der Waals surface area contributed by atoms with E-state index in [1.165, 1.54) is 18.2 Å². The fourth-order valence-electron chi connectivity index (χ4n) is 3.26. The van der Waals surface area contributed by atoms with Crippen molar-refractivity contribution in [2.24, 2.45) is 11.7 Å². The summed E-state index contributed by atoms with van der Waals surface area (Å²) in [6, 6.07) is 3.95. The molecule has 1 saturated heterocycles. The highest BCUT2D eigenvalue weighted by molar-refractivity contribution is 5.88. The second kappa shape index (κ2) is 7.69. The van der Waals surface area contributed by atoms with Gasteiger partial charge < -0.3 is 10.3 Å². The van der Waals surface area contributed by atoms with Gasteiger partial charge in [0.25, 0.3) is 11.7 Å². The number of primary amides is 1. The van der Waals surface area contributed by atoms with E-state index in [4.69, 9.17) is 10.3 Å². The zero-order valence-electron chi connectivity index (χ0n) is 13.8. The maximum atomic E-state index is 13.7. The lowest BCUT2D eigenvalue weighted by Gasteiger charge is -2.31. The lowest BCUT2D eigenvalue weighted by atomic mass is 9.91. The van der Waals surface area contributed by atoms with Crippen molar-refractivity contribution in [1.82, 2.24) is 15.0 Å². The molecule has 0 aliphatic carbocycles. The molecular formula is C17H20F2N4O2. The molecule has 1 aliphatic heterocycles. The van der Waals surface area contributed by atoms with E-state index in [0.717, 1.165) is 25.9 Å². The summed E-state index contributed by atoms with van der Waals surface area (Å²) in [6.45, 7) is 2.09. The van der Waals surface area contributed by atoms with Crippen LogP contribution in [0.4, 0.5) is 8.78 Å². The van der Waals surface area contributed by atoms with E-state index in [1.807, 2.05) is 0 Å². The quantitative estimate of drug-likeness (QED) is 0.864. The SMILES string of the molecule is NC(=O)c1noc(CN2CCC[C@H](CCc3c(F)cccc3F)C2)n1. The van der Waals surface area contributed by atoms with Crippen molar-refractivity contribution >= 4 is 5.91 Å². The van der Waals surface area contributed by atoms with Crippen molar-refractivity contribution < 1.29 is 18.1 Å². The highest BCUT2D eigenvalue weighted by atomic mass is 19.1. The second-order valence-corrected chi connectivity index (χ2v) is 6.36. The van der Waals surface area contributed by atoms with Crippen LogP contribution < -0.4 is 5.73 Å². The van der Waals surface area contributed by atoms with Crippen LogP contribution in [0.25, 0.3) is 0 Å². The second-order valence-electron chi connectivity index (χ2n) is 6.36. The molecule has 8 heteroatoms. The number of benzene rings is 1. The zero-order valence-corrected chi connectivity index (χ0v) is 13.8. The number of amides is 1. The van der Waals surface area contributed by atoms with Crippen molar-refractivity contribution in [3.63, 3.8) is 0 Å². The number of hydrogen-bond donors (Lipinski definition) is 1. The third-order valence-electron chi connectivity index (χ3n) is 4.51. The Balaban J connectivity index is 1.55. The van der Waals surface area contributed by atoms with Crippen LogP contribution in [0.15, 0.2) is 22.7 Å². The number of carbonyl (C=O) groups excluding carboxylic acids is 1. The Morgan fingerprint density at radius 2 is 2.12 bits per heavy atom. The van der Waals surface area contributed by atoms with Crippen LogP contribution in [-0.4, -0.2) is 34.0 Å². The fourth-order valence-corrected chi connectivity index (χ4v) is 3.26. The van der Waals surface area contributed by atoms with Crippen molar-refractivity contribution in [3.05, 3.63) is 47.1 Å². The number of aromatic nitrogens is 2. The Morgan fingerprint density at radius 1 is 1.36 bits per heavy atom. The Hall–Kier alpha value is -2.35. The number of piperidine rings is 1. The van der Waals surface area contributed by atoms with Gasteiger partial charge in [0, 0.05) is 12.1 Å². The molecule has 0 spiro atoms. The maximum absolute atomic E-state index is 13.7. The van der Waals surface area contributed by atoms with Crippen molar-refractivity contribution in [3.8, 4) is 0 Å². The van der Waals surface area contributed by atoms with Crippen LogP contribution in [0.3, 0.4) is 0 Å². The van der Waals surface area contributed by atoms with Crippen LogP contribution in [0.2, 0.25) is 0 Å². The summed E-state index contributed by atoms with van der Waals surface area (Å²) in [7, 11) is 0. The largest absolute Gasteiger partial charge is 0.363 e. The van der Waals surface area contributed by atoms with Gasteiger partial charge in [0.2, 0.25) is 5.89 Å². The van der Waals surface area contributed by atoms with Crippen LogP contribution in [0.1, 0.15) is 41.3 Å². The molecule has 25 heavy (non-hydrogen) atoms. The molecule has 0 radical (unpaired) electrons. The minimum Gasteiger partial charge on any atom is -0.363 e. The Labute approximate surface area is 144 Å². The highest BCUT2D eigenvalue weighted by Gasteiger charge is 2.23. The minimum atomic E-state index is -0.724. The van der Waals surface area contributed by atoms with Gasteiger partial charge >= 0.3 is 0 Å². The molecule has 0 saturated carbocycles. The highest BCUT2D eigenvalue weighted by Crippen LogP contribution is 2.24. The topological polar surface area (TPSA) is 85.2 Å². The average molecular weight is 350 g/mol. The Kier molecular flexibility index (Phi) is 5.37. The average Bonchev–Trinajstić information content (AvgIpc) is 3.03. The first-order valence-corrected chi connectivity index (χ1v) is 8.30. The predicted molar refractivity (Wildman–Crippen MR) is 85.5 cm³/mol. The summed E-state index contributed by atoms with van der Waals surface area (Å²) >= 11 is 0. The number of nitrogens with zero attached hydrogens (tertiary/aromatic N) is 3. The first-order valence-electron chi connectivity index (χ1n) is 8.30. The molecule has 3 rings (SSSR count). The Morgan fingerprint density at radius 3 is 2.80 bits per heavy atom. The summed E-state index contributed by atoms with van der Waals surface area (Å²) in [5, 5.41) is 3.52. The summed E-state index contributed by atoms with van der Waals surface area (Å²) in [5.41, 5.74) is 5.26. The number of likely N-dealkylation sites (tertiary alicyclic amines) is 1. The Bertz CT molecular complexity index is 730. The van der Waals surface area contributed by atoms with E-state index >= 15 is 0 Å². The van der Waals surface area contributed by atoms with Gasteiger partial charge in [0.15, 0.2) is 0 Å². The van der Waals surface area contributed by atoms with Gasteiger partial charge in [0.1, 0.15) is 11.6 Å². The monoisotopic (exact) mass is 350 g/mol. The molecule has 1 amide bonds. The van der Waals surface area contributed by atoms with E-state index in [0.29, 0.717) is 31.2 Å². The summed E-state index contributed by atoms with van der Waals surface area (Å²) in [6.07, 6.45) is 3.10. The molecule has 1 aromatic heterocycles. The van der Waals surface area contributed by atoms with Crippen LogP contribution in [-0.2, 0) is 13.0 Å². The molecule has 6 nitrogen and oxygen atoms in total. The molecule has 2 N–H and O–H groups in total. The van der Waals surface area contributed by atoms with Crippen molar-refractivity contribution in [1.29, 1.82) is 0 Å². The summed E-state index contributed by atoms with van der Waals surface area (Å²) in [5.74, 6) is -1.15. The van der Waals surface area contributed by atoms with Gasteiger partial charge in [-0.2, -0.15) is 4.98 Å². The molecule has 0 bridgehead atoms. The van der Waals surface area contributed by atoms with Gasteiger partial charge in [-0.15, -0.1) is 0 Å². The minimum absolute atomic E-state index is 0.126. The van der Waals surface area contributed by atoms with Gasteiger partial charge in [-0.25, -0.2) is 8.78 Å². The van der Waals surface area contributed by atoms with Gasteiger partial charge in [-0.1, -0.05) is 11.2 Å². The molecule has 134 valence electrons. The van der Waals surface area contributed by atoms with Gasteiger partial charge in [-0.3, -0.25) is 9.69 Å². The molecule has 1 aromatic carbocycles. The summed E-state index contributed by atoms with van der Waals surface area (Å²) in [4.78, 5) is 17.1. The molecule has 1 atom stereocenters. The number of rotatable bonds is 6. The molecule has 1 aliphatic rings. The third kappa shape index (κ3) is 4.39. The first-order chi connectivity index (χ1) is 12.0. The molecule has 1 fully saturated rings. The summed E-state index contributed by atoms with van der Waals surface area (Å²) < 4.78 is 32.5. The van der Waals surface area contributed by atoms with Gasteiger partial charge in [0.05, 0.1) is 6.54 Å². The lowest BCUT2D eigenvalue weighted by molar-refractivity contribution is 0.0987. The van der Waals surface area contributed by atoms with Gasteiger partial charge in [-0.05, 0) is 50.3 Å². The van der Waals surface area contributed by atoms with E-state index in [1.54, 1.807) is 0 Å². The third-order valence-corrected chi connectivity index (χ3v) is 4.51. The molecule has 0 unspecified atom stereocenters. The standard InChI is InChI=1S/C17H20F2N4O2/c18-13-4-1-5-14(19)12(13)7-6-11-3-2-8-23(9-11)10-15-21-17(16(20)24)22-25-15/h1,4-5,11H,2-3,6-10H2,(H2,20,24)/t11-/m1/s1. The van der Waals surface area contributed by atoms with Crippen LogP contribution >= 0.6 is 0 Å². The number of nitrogens with two attached hydrogens (primary N) is 1. The van der Waals surface area contributed by atoms with E-state index < -0.39 is 17.5 Å². The van der Waals surface area contributed by atoms with Crippen molar-refractivity contribution in [2.45, 2.75) is 32.2 Å². The van der Waals surface area contributed by atoms with E-state index in [-0.39, 0.29) is 11.4 Å². The number of halogens is 2. The molecular weight excluding hydrogens is 330 g/mol. The predicted octanol–water partition coefficient (Wildman–Crippen LogP) is 2.29.